The van der Waals surface area contributed by atoms with Crippen LogP contribution in [0.4, 0.5) is 0 Å². The van der Waals surface area contributed by atoms with Crippen molar-refractivity contribution in [2.75, 3.05) is 0 Å². The fourth-order valence-corrected chi connectivity index (χ4v) is 2.74. The third kappa shape index (κ3) is 3.45. The van der Waals surface area contributed by atoms with E-state index in [4.69, 9.17) is 0 Å². The molecule has 0 saturated heterocycles. The van der Waals surface area contributed by atoms with E-state index < -0.39 is 5.60 Å². The number of allylic oxidation sites excluding steroid dienone is 2. The molecule has 0 spiro atoms. The van der Waals surface area contributed by atoms with E-state index in [0.717, 1.165) is 12.8 Å². The summed E-state index contributed by atoms with van der Waals surface area (Å²) in [4.78, 5) is 0. The zero-order valence-corrected chi connectivity index (χ0v) is 12.2. The van der Waals surface area contributed by atoms with E-state index in [2.05, 4.69) is 47.6 Å². The molecule has 0 aromatic rings. The molecular formula is C16H28O. The minimum absolute atomic E-state index is 0.239. The second-order valence-corrected chi connectivity index (χ2v) is 6.45. The molecular weight excluding hydrogens is 208 g/mol. The first-order valence-corrected chi connectivity index (χ1v) is 6.87. The predicted molar refractivity (Wildman–Crippen MR) is 74.9 cm³/mol. The summed E-state index contributed by atoms with van der Waals surface area (Å²) in [6.45, 7) is 13.2. The van der Waals surface area contributed by atoms with Gasteiger partial charge in [-0.3, -0.25) is 0 Å². The van der Waals surface area contributed by atoms with Gasteiger partial charge in [0.1, 0.15) is 0 Å². The number of hydrogen-bond donors (Lipinski definition) is 1. The molecule has 1 aliphatic carbocycles. The van der Waals surface area contributed by atoms with E-state index in [0.29, 0.717) is 11.8 Å². The molecule has 17 heavy (non-hydrogen) atoms. The van der Waals surface area contributed by atoms with E-state index in [-0.39, 0.29) is 5.92 Å². The molecule has 2 unspecified atom stereocenters. The molecule has 1 rings (SSSR count). The Morgan fingerprint density at radius 3 is 2.29 bits per heavy atom. The van der Waals surface area contributed by atoms with Gasteiger partial charge in [-0.2, -0.15) is 0 Å². The van der Waals surface area contributed by atoms with Crippen molar-refractivity contribution in [3.63, 3.8) is 0 Å². The van der Waals surface area contributed by atoms with Crippen LogP contribution < -0.4 is 0 Å². The highest BCUT2D eigenvalue weighted by molar-refractivity contribution is 5.35. The molecule has 0 saturated carbocycles. The largest absolute Gasteiger partial charge is 0.385 e. The van der Waals surface area contributed by atoms with Gasteiger partial charge in [0.2, 0.25) is 0 Å². The number of hydrogen-bond acceptors (Lipinski definition) is 1. The third-order valence-corrected chi connectivity index (χ3v) is 3.84. The number of rotatable bonds is 4. The molecule has 1 heteroatoms. The maximum absolute atomic E-state index is 10.7. The van der Waals surface area contributed by atoms with Crippen LogP contribution in [0.15, 0.2) is 23.3 Å². The Kier molecular flexibility index (Phi) is 4.60. The minimum atomic E-state index is -0.640. The predicted octanol–water partition coefficient (Wildman–Crippen LogP) is 4.33. The van der Waals surface area contributed by atoms with Crippen molar-refractivity contribution in [3.05, 3.63) is 23.3 Å². The summed E-state index contributed by atoms with van der Waals surface area (Å²) in [6, 6.07) is 0. The zero-order chi connectivity index (χ0) is 13.2. The van der Waals surface area contributed by atoms with Gasteiger partial charge in [0.25, 0.3) is 0 Å². The van der Waals surface area contributed by atoms with Crippen molar-refractivity contribution >= 4 is 0 Å². The second kappa shape index (κ2) is 5.39. The normalized spacial score (nSPS) is 29.6. The molecule has 0 aromatic carbocycles. The van der Waals surface area contributed by atoms with Gasteiger partial charge in [-0.05, 0) is 37.2 Å². The summed E-state index contributed by atoms with van der Waals surface area (Å²) in [5, 5.41) is 10.7. The summed E-state index contributed by atoms with van der Waals surface area (Å²) < 4.78 is 0. The minimum Gasteiger partial charge on any atom is -0.385 e. The molecule has 0 amide bonds. The van der Waals surface area contributed by atoms with Gasteiger partial charge in [-0.25, -0.2) is 0 Å². The SMILES string of the molecule is CC1=C(CC(C)C)C=CC(O)(CC(C)C)C1C. The number of aliphatic hydroxyl groups is 1. The van der Waals surface area contributed by atoms with Crippen LogP contribution in [0, 0.1) is 17.8 Å². The first-order chi connectivity index (χ1) is 7.76. The van der Waals surface area contributed by atoms with Crippen molar-refractivity contribution in [2.24, 2.45) is 17.8 Å². The molecule has 0 radical (unpaired) electrons. The van der Waals surface area contributed by atoms with Gasteiger partial charge in [0, 0.05) is 5.92 Å². The molecule has 0 heterocycles. The zero-order valence-electron chi connectivity index (χ0n) is 12.2. The first-order valence-electron chi connectivity index (χ1n) is 6.87. The summed E-state index contributed by atoms with van der Waals surface area (Å²) in [5.74, 6) is 1.43. The van der Waals surface area contributed by atoms with Gasteiger partial charge in [-0.1, -0.05) is 52.3 Å². The lowest BCUT2D eigenvalue weighted by atomic mass is 9.73. The summed E-state index contributed by atoms with van der Waals surface area (Å²) in [7, 11) is 0. The highest BCUT2D eigenvalue weighted by Gasteiger charge is 2.35. The highest BCUT2D eigenvalue weighted by Crippen LogP contribution is 2.38. The molecule has 2 atom stereocenters. The summed E-state index contributed by atoms with van der Waals surface area (Å²) in [5.41, 5.74) is 2.14. The molecule has 1 nitrogen and oxygen atoms in total. The van der Waals surface area contributed by atoms with E-state index >= 15 is 0 Å². The van der Waals surface area contributed by atoms with Crippen LogP contribution in [0.1, 0.15) is 54.4 Å². The maximum atomic E-state index is 10.7. The molecule has 98 valence electrons. The van der Waals surface area contributed by atoms with Crippen LogP contribution in [-0.4, -0.2) is 10.7 Å². The first kappa shape index (κ1) is 14.5. The monoisotopic (exact) mass is 236 g/mol. The van der Waals surface area contributed by atoms with Crippen LogP contribution in [0.25, 0.3) is 0 Å². The lowest BCUT2D eigenvalue weighted by molar-refractivity contribution is 0.0275. The van der Waals surface area contributed by atoms with E-state index in [1.54, 1.807) is 0 Å². The average Bonchev–Trinajstić information content (AvgIpc) is 2.18. The molecule has 1 aliphatic rings. The molecule has 0 aromatic heterocycles. The standard InChI is InChI=1S/C16H28O/c1-11(2)9-15-7-8-16(17,10-12(3)4)14(6)13(15)5/h7-8,11-12,14,17H,9-10H2,1-6H3. The maximum Gasteiger partial charge on any atom is 0.0895 e. The van der Waals surface area contributed by atoms with Crippen LogP contribution in [-0.2, 0) is 0 Å². The average molecular weight is 236 g/mol. The Balaban J connectivity index is 2.90. The van der Waals surface area contributed by atoms with Gasteiger partial charge in [-0.15, -0.1) is 0 Å². The van der Waals surface area contributed by atoms with Gasteiger partial charge < -0.3 is 5.11 Å². The Morgan fingerprint density at radius 1 is 1.24 bits per heavy atom. The Bertz CT molecular complexity index is 322. The van der Waals surface area contributed by atoms with Crippen LogP contribution >= 0.6 is 0 Å². The molecule has 1 N–H and O–H groups in total. The van der Waals surface area contributed by atoms with Crippen LogP contribution in [0.5, 0.6) is 0 Å². The molecule has 0 bridgehead atoms. The quantitative estimate of drug-likeness (QED) is 0.770. The van der Waals surface area contributed by atoms with Crippen molar-refractivity contribution in [3.8, 4) is 0 Å². The van der Waals surface area contributed by atoms with E-state index in [1.807, 2.05) is 6.08 Å². The van der Waals surface area contributed by atoms with Crippen LogP contribution in [0.3, 0.4) is 0 Å². The van der Waals surface area contributed by atoms with Crippen molar-refractivity contribution in [1.29, 1.82) is 0 Å². The third-order valence-electron chi connectivity index (χ3n) is 3.84. The fourth-order valence-electron chi connectivity index (χ4n) is 2.74. The molecule has 0 fully saturated rings. The highest BCUT2D eigenvalue weighted by atomic mass is 16.3. The van der Waals surface area contributed by atoms with Crippen molar-refractivity contribution in [2.45, 2.75) is 60.0 Å². The Hall–Kier alpha value is -0.560. The van der Waals surface area contributed by atoms with Gasteiger partial charge in [0.05, 0.1) is 5.60 Å². The smallest absolute Gasteiger partial charge is 0.0895 e. The summed E-state index contributed by atoms with van der Waals surface area (Å²) >= 11 is 0. The Morgan fingerprint density at radius 2 is 1.82 bits per heavy atom. The van der Waals surface area contributed by atoms with Crippen molar-refractivity contribution < 1.29 is 5.11 Å². The lowest BCUT2D eigenvalue weighted by Gasteiger charge is -2.37. The Labute approximate surface area is 107 Å². The van der Waals surface area contributed by atoms with Crippen LogP contribution in [0.2, 0.25) is 0 Å². The fraction of sp³-hybridized carbons (Fsp3) is 0.750. The van der Waals surface area contributed by atoms with Gasteiger partial charge >= 0.3 is 0 Å². The van der Waals surface area contributed by atoms with Crippen molar-refractivity contribution in [1.82, 2.24) is 0 Å². The van der Waals surface area contributed by atoms with E-state index in [9.17, 15) is 5.11 Å². The summed E-state index contributed by atoms with van der Waals surface area (Å²) in [6.07, 6.45) is 6.14. The lowest BCUT2D eigenvalue weighted by Crippen LogP contribution is -2.38. The molecule has 0 aliphatic heterocycles. The topological polar surface area (TPSA) is 20.2 Å². The van der Waals surface area contributed by atoms with E-state index in [1.165, 1.54) is 11.1 Å². The second-order valence-electron chi connectivity index (χ2n) is 6.45. The van der Waals surface area contributed by atoms with Gasteiger partial charge in [0.15, 0.2) is 0 Å².